The van der Waals surface area contributed by atoms with Crippen molar-refractivity contribution < 1.29 is 22.4 Å². The number of aromatic nitrogens is 2. The molecular formula is C13H8F4N2O. The van der Waals surface area contributed by atoms with Gasteiger partial charge in [0.2, 0.25) is 0 Å². The van der Waals surface area contributed by atoms with Gasteiger partial charge in [-0.05, 0) is 6.07 Å². The first-order valence-corrected chi connectivity index (χ1v) is 5.50. The summed E-state index contributed by atoms with van der Waals surface area (Å²) in [5.74, 6) is -1.86. The van der Waals surface area contributed by atoms with Gasteiger partial charge in [0.05, 0.1) is 5.56 Å². The smallest absolute Gasteiger partial charge is 0.291 e. The topological polar surface area (TPSA) is 42.9 Å². The van der Waals surface area contributed by atoms with Crippen LogP contribution in [-0.2, 0) is 6.18 Å². The molecule has 3 nitrogen and oxygen atoms in total. The Morgan fingerprint density at radius 3 is 2.25 bits per heavy atom. The molecule has 0 amide bonds. The van der Waals surface area contributed by atoms with Crippen LogP contribution in [-0.4, -0.2) is 15.8 Å². The van der Waals surface area contributed by atoms with Gasteiger partial charge >= 0.3 is 6.18 Å². The normalized spacial score (nSPS) is 11.4. The molecule has 2 aromatic rings. The lowest BCUT2D eigenvalue weighted by atomic mass is 10.0. The quantitative estimate of drug-likeness (QED) is 0.626. The minimum atomic E-state index is -4.78. The standard InChI is InChI=1S/C13H8F4N2O/c1-7(20)12-18-5-8(6-19-12)9-3-2-4-10(11(9)14)13(15,16)17/h2-6H,1H3. The summed E-state index contributed by atoms with van der Waals surface area (Å²) < 4.78 is 51.7. The molecule has 0 aliphatic carbocycles. The predicted octanol–water partition coefficient (Wildman–Crippen LogP) is 3.50. The van der Waals surface area contributed by atoms with Crippen molar-refractivity contribution in [2.24, 2.45) is 0 Å². The summed E-state index contributed by atoms with van der Waals surface area (Å²) in [6.45, 7) is 1.25. The molecule has 0 atom stereocenters. The van der Waals surface area contributed by atoms with Crippen LogP contribution < -0.4 is 0 Å². The van der Waals surface area contributed by atoms with Gasteiger partial charge in [-0.1, -0.05) is 12.1 Å². The predicted molar refractivity (Wildman–Crippen MR) is 62.4 cm³/mol. The van der Waals surface area contributed by atoms with Crippen LogP contribution in [0.15, 0.2) is 30.6 Å². The van der Waals surface area contributed by atoms with Crippen molar-refractivity contribution >= 4 is 5.78 Å². The summed E-state index contributed by atoms with van der Waals surface area (Å²) in [5, 5.41) is 0. The van der Waals surface area contributed by atoms with Crippen molar-refractivity contribution in [1.29, 1.82) is 0 Å². The average molecular weight is 284 g/mol. The SMILES string of the molecule is CC(=O)c1ncc(-c2cccc(C(F)(F)F)c2F)cn1. The van der Waals surface area contributed by atoms with Gasteiger partial charge in [-0.25, -0.2) is 14.4 Å². The number of hydrogen-bond acceptors (Lipinski definition) is 3. The van der Waals surface area contributed by atoms with Crippen LogP contribution in [0.4, 0.5) is 17.6 Å². The molecule has 104 valence electrons. The Hall–Kier alpha value is -2.31. The van der Waals surface area contributed by atoms with E-state index in [-0.39, 0.29) is 22.7 Å². The molecule has 2 rings (SSSR count). The average Bonchev–Trinajstić information content (AvgIpc) is 2.37. The van der Waals surface area contributed by atoms with Crippen LogP contribution in [0.5, 0.6) is 0 Å². The van der Waals surface area contributed by atoms with E-state index in [4.69, 9.17) is 0 Å². The van der Waals surface area contributed by atoms with Crippen molar-refractivity contribution in [3.63, 3.8) is 0 Å². The minimum absolute atomic E-state index is 0.0681. The number of hydrogen-bond donors (Lipinski definition) is 0. The van der Waals surface area contributed by atoms with Gasteiger partial charge in [0.15, 0.2) is 11.6 Å². The fraction of sp³-hybridized carbons (Fsp3) is 0.154. The van der Waals surface area contributed by atoms with E-state index < -0.39 is 17.6 Å². The van der Waals surface area contributed by atoms with E-state index >= 15 is 0 Å². The lowest BCUT2D eigenvalue weighted by Gasteiger charge is -2.11. The van der Waals surface area contributed by atoms with Crippen molar-refractivity contribution in [2.45, 2.75) is 13.1 Å². The highest BCUT2D eigenvalue weighted by Gasteiger charge is 2.35. The highest BCUT2D eigenvalue weighted by molar-refractivity contribution is 5.90. The van der Waals surface area contributed by atoms with Gasteiger partial charge in [0.1, 0.15) is 5.82 Å². The minimum Gasteiger partial charge on any atom is -0.291 e. The summed E-state index contributed by atoms with van der Waals surface area (Å²) in [6, 6.07) is 2.94. The Morgan fingerprint density at radius 1 is 1.15 bits per heavy atom. The van der Waals surface area contributed by atoms with E-state index in [1.54, 1.807) is 0 Å². The molecule has 1 aromatic heterocycles. The maximum Gasteiger partial charge on any atom is 0.419 e. The third-order valence-corrected chi connectivity index (χ3v) is 2.58. The molecule has 1 aromatic carbocycles. The van der Waals surface area contributed by atoms with E-state index in [1.165, 1.54) is 13.0 Å². The number of carbonyl (C=O) groups excluding carboxylic acids is 1. The zero-order valence-corrected chi connectivity index (χ0v) is 10.2. The van der Waals surface area contributed by atoms with E-state index in [9.17, 15) is 22.4 Å². The molecule has 0 radical (unpaired) electrons. The number of carbonyl (C=O) groups is 1. The molecule has 0 bridgehead atoms. The number of alkyl halides is 3. The van der Waals surface area contributed by atoms with Crippen LogP contribution in [0, 0.1) is 5.82 Å². The van der Waals surface area contributed by atoms with Crippen LogP contribution in [0.3, 0.4) is 0 Å². The number of rotatable bonds is 2. The Morgan fingerprint density at radius 2 is 1.75 bits per heavy atom. The van der Waals surface area contributed by atoms with Gasteiger partial charge in [-0.2, -0.15) is 13.2 Å². The Labute approximate surface area is 111 Å². The molecule has 0 aliphatic rings. The highest BCUT2D eigenvalue weighted by Crippen LogP contribution is 2.35. The molecule has 7 heteroatoms. The maximum atomic E-state index is 13.9. The fourth-order valence-corrected chi connectivity index (χ4v) is 1.62. The first-order chi connectivity index (χ1) is 9.30. The molecule has 0 fully saturated rings. The monoisotopic (exact) mass is 284 g/mol. The van der Waals surface area contributed by atoms with Crippen LogP contribution in [0.25, 0.3) is 11.1 Å². The Bertz CT molecular complexity index is 650. The number of nitrogens with zero attached hydrogens (tertiary/aromatic N) is 2. The molecule has 0 unspecified atom stereocenters. The van der Waals surface area contributed by atoms with E-state index in [0.29, 0.717) is 6.07 Å². The van der Waals surface area contributed by atoms with Gasteiger partial charge in [-0.15, -0.1) is 0 Å². The fourth-order valence-electron chi connectivity index (χ4n) is 1.62. The van der Waals surface area contributed by atoms with Gasteiger partial charge in [0, 0.05) is 30.4 Å². The number of Topliss-reactive ketones (excluding diaryl/α,β-unsaturated/α-hetero) is 1. The lowest BCUT2D eigenvalue weighted by Crippen LogP contribution is -2.09. The van der Waals surface area contributed by atoms with E-state index in [2.05, 4.69) is 9.97 Å². The summed E-state index contributed by atoms with van der Waals surface area (Å²) in [4.78, 5) is 18.4. The maximum absolute atomic E-state index is 13.9. The summed E-state index contributed by atoms with van der Waals surface area (Å²) in [6.07, 6.45) is -2.55. The zero-order valence-electron chi connectivity index (χ0n) is 10.2. The van der Waals surface area contributed by atoms with E-state index in [0.717, 1.165) is 18.5 Å². The first kappa shape index (κ1) is 14.1. The molecule has 0 spiro atoms. The molecular weight excluding hydrogens is 276 g/mol. The van der Waals surface area contributed by atoms with Crippen LogP contribution in [0.1, 0.15) is 23.1 Å². The second-order valence-electron chi connectivity index (χ2n) is 4.02. The van der Waals surface area contributed by atoms with Gasteiger partial charge in [0.25, 0.3) is 0 Å². The molecule has 0 saturated carbocycles. The zero-order chi connectivity index (χ0) is 14.9. The summed E-state index contributed by atoms with van der Waals surface area (Å²) in [7, 11) is 0. The van der Waals surface area contributed by atoms with Crippen LogP contribution >= 0.6 is 0 Å². The van der Waals surface area contributed by atoms with E-state index in [1.807, 2.05) is 0 Å². The first-order valence-electron chi connectivity index (χ1n) is 5.50. The number of ketones is 1. The third-order valence-electron chi connectivity index (χ3n) is 2.58. The molecule has 0 N–H and O–H groups in total. The van der Waals surface area contributed by atoms with Gasteiger partial charge in [-0.3, -0.25) is 4.79 Å². The second-order valence-corrected chi connectivity index (χ2v) is 4.02. The largest absolute Gasteiger partial charge is 0.419 e. The number of halogens is 4. The molecule has 20 heavy (non-hydrogen) atoms. The number of benzene rings is 1. The third kappa shape index (κ3) is 2.66. The Kier molecular flexibility index (Phi) is 3.52. The van der Waals surface area contributed by atoms with Crippen molar-refractivity contribution in [3.05, 3.63) is 47.8 Å². The van der Waals surface area contributed by atoms with Crippen LogP contribution in [0.2, 0.25) is 0 Å². The summed E-state index contributed by atoms with van der Waals surface area (Å²) in [5.41, 5.74) is -1.56. The van der Waals surface area contributed by atoms with Gasteiger partial charge < -0.3 is 0 Å². The molecule has 0 saturated heterocycles. The van der Waals surface area contributed by atoms with Crippen molar-refractivity contribution in [2.75, 3.05) is 0 Å². The van der Waals surface area contributed by atoms with Crippen molar-refractivity contribution in [3.8, 4) is 11.1 Å². The Balaban J connectivity index is 2.51. The summed E-state index contributed by atoms with van der Waals surface area (Å²) >= 11 is 0. The second kappa shape index (κ2) is 4.99. The lowest BCUT2D eigenvalue weighted by molar-refractivity contribution is -0.139. The van der Waals surface area contributed by atoms with Crippen molar-refractivity contribution in [1.82, 2.24) is 9.97 Å². The molecule has 0 aliphatic heterocycles. The highest BCUT2D eigenvalue weighted by atomic mass is 19.4. The molecule has 1 heterocycles.